The highest BCUT2D eigenvalue weighted by Crippen LogP contribution is 2.34. The van der Waals surface area contributed by atoms with Gasteiger partial charge in [-0.3, -0.25) is 29.5 Å². The fourth-order valence-corrected chi connectivity index (χ4v) is 5.00. The van der Waals surface area contributed by atoms with Crippen LogP contribution in [0.4, 0.5) is 5.69 Å². The van der Waals surface area contributed by atoms with Crippen LogP contribution < -0.4 is 10.2 Å². The van der Waals surface area contributed by atoms with E-state index in [0.717, 1.165) is 57.9 Å². The summed E-state index contributed by atoms with van der Waals surface area (Å²) in [5.74, 6) is 0.0841. The lowest BCUT2D eigenvalue weighted by atomic mass is 9.98. The summed E-state index contributed by atoms with van der Waals surface area (Å²) in [4.78, 5) is 44.1. The van der Waals surface area contributed by atoms with Crippen molar-refractivity contribution in [3.05, 3.63) is 96.1 Å². The van der Waals surface area contributed by atoms with Crippen molar-refractivity contribution < 1.29 is 9.59 Å². The summed E-state index contributed by atoms with van der Waals surface area (Å²) in [6.45, 7) is 1.26. The highest BCUT2D eigenvalue weighted by Gasteiger charge is 2.23. The molecule has 1 saturated heterocycles. The summed E-state index contributed by atoms with van der Waals surface area (Å²) < 4.78 is 0. The summed E-state index contributed by atoms with van der Waals surface area (Å²) in [5.41, 5.74) is 8.25. The van der Waals surface area contributed by atoms with Crippen molar-refractivity contribution in [3.8, 4) is 22.3 Å². The second-order valence-corrected chi connectivity index (χ2v) is 9.43. The van der Waals surface area contributed by atoms with Crippen LogP contribution in [0.3, 0.4) is 0 Å². The van der Waals surface area contributed by atoms with E-state index in [1.807, 2.05) is 53.7 Å². The van der Waals surface area contributed by atoms with Gasteiger partial charge in [0.2, 0.25) is 11.8 Å². The molecule has 1 aliphatic heterocycles. The van der Waals surface area contributed by atoms with Crippen LogP contribution in [-0.4, -0.2) is 44.8 Å². The Morgan fingerprint density at radius 2 is 1.79 bits per heavy atom. The molecule has 1 aromatic carbocycles. The van der Waals surface area contributed by atoms with E-state index in [-0.39, 0.29) is 11.8 Å². The van der Waals surface area contributed by atoms with Crippen LogP contribution in [0, 0.1) is 0 Å². The van der Waals surface area contributed by atoms with Gasteiger partial charge in [0.25, 0.3) is 0 Å². The Balaban J connectivity index is 1.20. The molecule has 0 bridgehead atoms. The van der Waals surface area contributed by atoms with Crippen LogP contribution in [0.5, 0.6) is 0 Å². The van der Waals surface area contributed by atoms with Crippen molar-refractivity contribution in [1.29, 1.82) is 0 Å². The first kappa shape index (κ1) is 23.7. The average Bonchev–Trinajstić information content (AvgIpc) is 3.60. The van der Waals surface area contributed by atoms with Gasteiger partial charge in [-0.25, -0.2) is 0 Å². The molecule has 38 heavy (non-hydrogen) atoms. The van der Waals surface area contributed by atoms with Crippen molar-refractivity contribution in [2.45, 2.75) is 25.7 Å². The number of fused-ring (bicyclic) bond motifs is 1. The van der Waals surface area contributed by atoms with Gasteiger partial charge in [-0.15, -0.1) is 0 Å². The number of carbonyl (C=O) groups excluding carboxylic acids is 2. The molecular weight excluding hydrogens is 476 g/mol. The van der Waals surface area contributed by atoms with Crippen molar-refractivity contribution in [2.75, 3.05) is 18.0 Å². The first-order valence-electron chi connectivity index (χ1n) is 12.7. The van der Waals surface area contributed by atoms with Gasteiger partial charge < -0.3 is 10.2 Å². The Hall–Kier alpha value is -4.72. The van der Waals surface area contributed by atoms with Crippen LogP contribution in [0.1, 0.15) is 29.8 Å². The first-order chi connectivity index (χ1) is 18.7. The van der Waals surface area contributed by atoms with Crippen LogP contribution in [0.15, 0.2) is 79.2 Å². The zero-order valence-corrected chi connectivity index (χ0v) is 20.8. The van der Waals surface area contributed by atoms with Gasteiger partial charge in [0.15, 0.2) is 0 Å². The predicted molar refractivity (Wildman–Crippen MR) is 145 cm³/mol. The maximum atomic E-state index is 12.9. The maximum Gasteiger partial charge on any atom is 0.247 e. The standard InChI is InChI=1S/C30H26N6O2/c37-29-2-1-13-36(29)25-5-3-20(4-6-25)22-14-23(18-32-17-22)26-8-10-34-28-16-21(15-27(26)28)30(38)35-9-7-24-19-31-11-12-33-24/h3-6,8,10-12,14-15,17-19H,1-2,7,9,13,16H2,(H,35,38). The Kier molecular flexibility index (Phi) is 6.44. The topological polar surface area (TPSA) is 101 Å². The van der Waals surface area contributed by atoms with Crippen molar-refractivity contribution in [3.63, 3.8) is 0 Å². The van der Waals surface area contributed by atoms with Crippen LogP contribution in [-0.2, 0) is 22.4 Å². The van der Waals surface area contributed by atoms with Crippen LogP contribution in [0.2, 0.25) is 0 Å². The average molecular weight is 503 g/mol. The number of benzene rings is 1. The number of nitrogens with one attached hydrogen (secondary N) is 1. The fraction of sp³-hybridized carbons (Fsp3) is 0.200. The van der Waals surface area contributed by atoms with E-state index in [4.69, 9.17) is 0 Å². The van der Waals surface area contributed by atoms with Crippen molar-refractivity contribution in [1.82, 2.24) is 25.3 Å². The molecule has 0 spiro atoms. The third-order valence-electron chi connectivity index (χ3n) is 6.96. The van der Waals surface area contributed by atoms with E-state index in [2.05, 4.69) is 31.3 Å². The Morgan fingerprint density at radius 3 is 2.58 bits per heavy atom. The molecule has 0 radical (unpaired) electrons. The van der Waals surface area contributed by atoms with E-state index in [0.29, 0.717) is 31.4 Å². The molecule has 2 amide bonds. The molecular formula is C30H26N6O2. The van der Waals surface area contributed by atoms with Gasteiger partial charge >= 0.3 is 0 Å². The molecule has 0 atom stereocenters. The molecule has 1 fully saturated rings. The lowest BCUT2D eigenvalue weighted by molar-refractivity contribution is -0.118. The minimum absolute atomic E-state index is 0.0960. The van der Waals surface area contributed by atoms with E-state index in [9.17, 15) is 9.59 Å². The minimum atomic E-state index is -0.0960. The first-order valence-corrected chi connectivity index (χ1v) is 12.7. The lowest BCUT2D eigenvalue weighted by Gasteiger charge is -2.16. The van der Waals surface area contributed by atoms with Crippen LogP contribution in [0.25, 0.3) is 28.3 Å². The minimum Gasteiger partial charge on any atom is -0.352 e. The monoisotopic (exact) mass is 502 g/mol. The fourth-order valence-electron chi connectivity index (χ4n) is 5.00. The smallest absolute Gasteiger partial charge is 0.247 e. The van der Waals surface area contributed by atoms with E-state index < -0.39 is 0 Å². The van der Waals surface area contributed by atoms with Gasteiger partial charge in [0.05, 0.1) is 11.4 Å². The second kappa shape index (κ2) is 10.3. The number of hydrogen-bond donors (Lipinski definition) is 1. The quantitative estimate of drug-likeness (QED) is 0.410. The molecule has 188 valence electrons. The largest absolute Gasteiger partial charge is 0.352 e. The zero-order valence-electron chi connectivity index (χ0n) is 20.8. The zero-order chi connectivity index (χ0) is 25.9. The third-order valence-corrected chi connectivity index (χ3v) is 6.96. The summed E-state index contributed by atoms with van der Waals surface area (Å²) in [6.07, 6.45) is 15.0. The number of rotatable bonds is 7. The molecule has 0 saturated carbocycles. The van der Waals surface area contributed by atoms with E-state index in [1.54, 1.807) is 24.8 Å². The van der Waals surface area contributed by atoms with Crippen molar-refractivity contribution >= 4 is 23.6 Å². The molecule has 1 N–H and O–H groups in total. The van der Waals surface area contributed by atoms with E-state index in [1.165, 1.54) is 0 Å². The molecule has 2 aliphatic rings. The number of nitrogens with zero attached hydrogens (tertiary/aromatic N) is 5. The molecule has 3 aromatic heterocycles. The molecule has 4 heterocycles. The summed E-state index contributed by atoms with van der Waals surface area (Å²) in [7, 11) is 0. The number of pyridine rings is 2. The Bertz CT molecular complexity index is 1530. The number of hydrogen-bond acceptors (Lipinski definition) is 6. The molecule has 8 heteroatoms. The van der Waals surface area contributed by atoms with Gasteiger partial charge in [-0.05, 0) is 47.9 Å². The molecule has 6 rings (SSSR count). The summed E-state index contributed by atoms with van der Waals surface area (Å²) in [5, 5.41) is 2.99. The van der Waals surface area contributed by atoms with Gasteiger partial charge in [0.1, 0.15) is 0 Å². The molecule has 8 nitrogen and oxygen atoms in total. The predicted octanol–water partition coefficient (Wildman–Crippen LogP) is 4.03. The highest BCUT2D eigenvalue weighted by molar-refractivity contribution is 6.01. The summed E-state index contributed by atoms with van der Waals surface area (Å²) >= 11 is 0. The lowest BCUT2D eigenvalue weighted by Crippen LogP contribution is -2.27. The highest BCUT2D eigenvalue weighted by atomic mass is 16.2. The van der Waals surface area contributed by atoms with Gasteiger partial charge in [-0.2, -0.15) is 0 Å². The second-order valence-electron chi connectivity index (χ2n) is 9.43. The maximum absolute atomic E-state index is 12.9. The van der Waals surface area contributed by atoms with E-state index >= 15 is 0 Å². The number of carbonyl (C=O) groups is 2. The van der Waals surface area contributed by atoms with Gasteiger partial charge in [0, 0.05) is 97.5 Å². The molecule has 4 aromatic rings. The SMILES string of the molecule is O=C(NCCc1cnccn1)C1=Cc2c(-c3cncc(-c4ccc(N5CCCC5=O)cc4)c3)ccnc2C1. The molecule has 1 aliphatic carbocycles. The van der Waals surface area contributed by atoms with Crippen molar-refractivity contribution in [2.24, 2.45) is 0 Å². The summed E-state index contributed by atoms with van der Waals surface area (Å²) in [6, 6.07) is 12.1. The number of amides is 2. The number of anilines is 1. The Morgan fingerprint density at radius 1 is 0.921 bits per heavy atom. The number of aromatic nitrogens is 4. The Labute approximate surface area is 220 Å². The molecule has 0 unspecified atom stereocenters. The van der Waals surface area contributed by atoms with Crippen LogP contribution >= 0.6 is 0 Å². The van der Waals surface area contributed by atoms with Gasteiger partial charge in [-0.1, -0.05) is 12.1 Å². The third kappa shape index (κ3) is 4.80. The normalized spacial score (nSPS) is 14.4.